The molecule has 134 heavy (non-hydrogen) atoms. The van der Waals surface area contributed by atoms with E-state index in [1.54, 1.807) is 35.2 Å². The highest BCUT2D eigenvalue weighted by Crippen LogP contribution is 2.49. The minimum absolute atomic E-state index is 0.0104. The molecule has 12 atom stereocenters. The van der Waals surface area contributed by atoms with Gasteiger partial charge >= 0.3 is 36.4 Å². The topological polar surface area (TPSA) is 382 Å². The maximum absolute atomic E-state index is 14.2. The van der Waals surface area contributed by atoms with Gasteiger partial charge in [-0.1, -0.05) is 139 Å². The largest absolute Gasteiger partial charge is 0.488 e. The van der Waals surface area contributed by atoms with Gasteiger partial charge in [0.1, 0.15) is 60.1 Å². The number of rotatable bonds is 18. The quantitative estimate of drug-likeness (QED) is 0.0392. The molecule has 18 rings (SSSR count). The summed E-state index contributed by atoms with van der Waals surface area (Å²) in [6.45, 7) is 23.7. The molecule has 0 aliphatic carbocycles. The Morgan fingerprint density at radius 1 is 0.470 bits per heavy atom. The maximum Gasteiger partial charge on any atom is 0.410 e. The van der Waals surface area contributed by atoms with Gasteiger partial charge in [0, 0.05) is 60.6 Å². The molecule has 31 nitrogen and oxygen atoms in total. The van der Waals surface area contributed by atoms with Crippen LogP contribution in [-0.4, -0.2) is 194 Å². The van der Waals surface area contributed by atoms with Crippen molar-refractivity contribution in [2.45, 2.75) is 207 Å². The SMILES string of the molecule is COC(=O)N[C@@H](C(=O)O)c1ccccc1.COC(=O)N[C@H](C(=O)N1[C@@H](C)CC[C@H]1C1=Nc2ccc3cc4c(cc3c2C1)OCc1cc(-c2cnc(C3C[C@H](C)CN3C(=O)OC(C)(C)C)[nH]2)ccc1-4)C(C)C.COC(=O)N[C@H](C(=O)N1[C@@H](C)CC[C@H]1C1=Nc2ccc3cc4c(cc3c2C1)OCc1cc(-c2cnc(C3C[C@H](C)CN3C(=O)[C@H](NC(=O)OC)c3ccccc3)[nH]2)ccc1-4)C(C)C. The lowest BCUT2D eigenvalue weighted by Crippen LogP contribution is -2.55. The van der Waals surface area contributed by atoms with E-state index in [1.165, 1.54) is 28.4 Å². The van der Waals surface area contributed by atoms with E-state index in [-0.39, 0.29) is 77.8 Å². The van der Waals surface area contributed by atoms with Gasteiger partial charge in [0.15, 0.2) is 6.04 Å². The minimum atomic E-state index is -1.13. The molecule has 0 spiro atoms. The molecular formula is C103H116N14O17. The van der Waals surface area contributed by atoms with Crippen LogP contribution in [0.1, 0.15) is 184 Å². The number of amides is 8. The summed E-state index contributed by atoms with van der Waals surface area (Å²) in [6, 6.07) is 43.3. The molecule has 10 heterocycles. The van der Waals surface area contributed by atoms with E-state index in [2.05, 4.69) is 149 Å². The van der Waals surface area contributed by atoms with Crippen molar-refractivity contribution in [3.63, 3.8) is 0 Å². The predicted octanol–water partition coefficient (Wildman–Crippen LogP) is 17.8. The summed E-state index contributed by atoms with van der Waals surface area (Å²) < 4.78 is 37.5. The normalized spacial score (nSPS) is 20.3. The number of imidazole rings is 2. The molecule has 700 valence electrons. The monoisotopic (exact) mass is 1820 g/mol. The average Bonchev–Trinajstić information content (AvgIpc) is 1.54. The number of likely N-dealkylation sites (tertiary alicyclic amines) is 4. The number of carboxylic acids is 1. The Hall–Kier alpha value is -14.1. The van der Waals surface area contributed by atoms with E-state index in [1.807, 2.05) is 106 Å². The first-order valence-corrected chi connectivity index (χ1v) is 45.9. The second-order valence-electron chi connectivity index (χ2n) is 37.7. The summed E-state index contributed by atoms with van der Waals surface area (Å²) in [4.78, 5) is 148. The number of alkyl carbamates (subject to hydrolysis) is 4. The van der Waals surface area contributed by atoms with Gasteiger partial charge in [0.05, 0.1) is 87.8 Å². The van der Waals surface area contributed by atoms with E-state index in [4.69, 9.17) is 53.5 Å². The molecule has 0 radical (unpaired) electrons. The third-order valence-electron chi connectivity index (χ3n) is 26.6. The summed E-state index contributed by atoms with van der Waals surface area (Å²) >= 11 is 0. The van der Waals surface area contributed by atoms with E-state index >= 15 is 0 Å². The molecule has 8 amide bonds. The van der Waals surface area contributed by atoms with Crippen LogP contribution in [-0.2, 0) is 68.9 Å². The molecule has 8 aliphatic rings. The van der Waals surface area contributed by atoms with Gasteiger partial charge in [0.2, 0.25) is 11.8 Å². The van der Waals surface area contributed by atoms with Gasteiger partial charge in [-0.2, -0.15) is 0 Å². The molecular weight excluding hydrogens is 1710 g/mol. The number of hydrogen-bond donors (Lipinski definition) is 7. The summed E-state index contributed by atoms with van der Waals surface area (Å²) in [5.41, 5.74) is 16.7. The van der Waals surface area contributed by atoms with Crippen LogP contribution in [0.25, 0.3) is 66.3 Å². The van der Waals surface area contributed by atoms with Crippen molar-refractivity contribution in [3.05, 3.63) is 203 Å². The minimum Gasteiger partial charge on any atom is -0.488 e. The van der Waals surface area contributed by atoms with E-state index in [0.29, 0.717) is 62.0 Å². The van der Waals surface area contributed by atoms with Crippen LogP contribution >= 0.6 is 0 Å². The van der Waals surface area contributed by atoms with Crippen molar-refractivity contribution in [2.24, 2.45) is 33.7 Å². The van der Waals surface area contributed by atoms with Crippen LogP contribution in [0.5, 0.6) is 11.5 Å². The van der Waals surface area contributed by atoms with Crippen molar-refractivity contribution < 1.29 is 81.4 Å². The van der Waals surface area contributed by atoms with Gasteiger partial charge < -0.3 is 84.2 Å². The molecule has 0 saturated carbocycles. The highest BCUT2D eigenvalue weighted by molar-refractivity contribution is 6.09. The lowest BCUT2D eigenvalue weighted by molar-refractivity contribution is -0.139. The smallest absolute Gasteiger partial charge is 0.410 e. The summed E-state index contributed by atoms with van der Waals surface area (Å²) in [6.07, 6.45) is 6.83. The van der Waals surface area contributed by atoms with E-state index < -0.39 is 60.1 Å². The zero-order valence-electron chi connectivity index (χ0n) is 78.1. The number of carboxylic acid groups (broad SMARTS) is 1. The number of nitrogens with one attached hydrogen (secondary N) is 6. The zero-order chi connectivity index (χ0) is 95.0. The number of nitrogens with zero attached hydrogens (tertiary/aromatic N) is 8. The molecule has 4 fully saturated rings. The summed E-state index contributed by atoms with van der Waals surface area (Å²) in [5.74, 6) is 1.87. The molecule has 4 saturated heterocycles. The fourth-order valence-electron chi connectivity index (χ4n) is 19.9. The zero-order valence-corrected chi connectivity index (χ0v) is 78.1. The van der Waals surface area contributed by atoms with Crippen molar-refractivity contribution in [2.75, 3.05) is 41.5 Å². The Balaban J connectivity index is 0.000000169. The first-order valence-electron chi connectivity index (χ1n) is 45.9. The summed E-state index contributed by atoms with van der Waals surface area (Å²) in [7, 11) is 5.08. The molecule has 31 heteroatoms. The van der Waals surface area contributed by atoms with Crippen molar-refractivity contribution in [3.8, 4) is 56.3 Å². The van der Waals surface area contributed by atoms with Gasteiger partial charge in [-0.15, -0.1) is 0 Å². The lowest BCUT2D eigenvalue weighted by atomic mass is 9.90. The Labute approximate surface area is 777 Å². The lowest BCUT2D eigenvalue weighted by Gasteiger charge is -2.33. The number of benzene rings is 8. The summed E-state index contributed by atoms with van der Waals surface area (Å²) in [5, 5.41) is 23.7. The fraction of sp³-hybridized carbons (Fsp3) is 0.408. The Morgan fingerprint density at radius 3 is 1.30 bits per heavy atom. The van der Waals surface area contributed by atoms with Crippen LogP contribution in [0.4, 0.5) is 35.3 Å². The van der Waals surface area contributed by atoms with Gasteiger partial charge in [0.25, 0.3) is 5.91 Å². The molecule has 8 aromatic carbocycles. The third kappa shape index (κ3) is 19.3. The Morgan fingerprint density at radius 2 is 0.881 bits per heavy atom. The fourth-order valence-corrected chi connectivity index (χ4v) is 19.9. The van der Waals surface area contributed by atoms with Gasteiger partial charge in [-0.3, -0.25) is 29.3 Å². The molecule has 0 bridgehead atoms. The number of ether oxygens (including phenoxy) is 7. The standard InChI is InChI=1S/C49H53N7O7.C44H52N6O6.C10H11NO4/c1-26(2)43(53-48(59)61-5)47(58)56-28(4)12-17-40(56)38-21-35-34-22-42-36(20-30(34)14-16-37(35)51-38)33-15-13-31(19-32(33)25-63-42)39-23-50-45(52-39)41-18-27(3)24-55(41)46(57)44(54-49(60)62-6)29-10-8-7-9-11-29;1-23(2)39(48-42(52)54-8)41(51)50-25(4)9-14-36(50)34-18-31-30-19-38-32(17-26(30)11-13-33(31)46-34)29-12-10-27(16-28(29)22-55-38)35-20-45-40(47-35)37-15-24(3)21-49(37)43(53)56-44(5,6)7;1-15-10(14)11-8(9(12)13)7-5-3-2-4-6-7/h7-11,13-16,19-20,22-23,26-28,40-41,43-44H,12,17-18,21,24-25H2,1-6H3,(H,50,52)(H,53,59)(H,54,60);10-13,16-17,19-20,23-25,36-37,39H,9,14-15,18,21-22H2,1-8H3,(H,45,47)(H,48,52);2-6,8H,1H3,(H,11,14)(H,12,13)/t27-,28-,40-,41?,43-,44+;24-,25-,36-,37?,39-;8-/m001/s1. The number of carbonyl (C=O) groups excluding carboxylic acids is 8. The highest BCUT2D eigenvalue weighted by Gasteiger charge is 2.47. The number of aliphatic imine (C=N–C) groups is 2. The van der Waals surface area contributed by atoms with E-state index in [9.17, 15) is 43.2 Å². The van der Waals surface area contributed by atoms with Crippen LogP contribution < -0.4 is 30.7 Å². The second kappa shape index (κ2) is 39.0. The number of methoxy groups -OCH3 is 4. The maximum atomic E-state index is 14.2. The molecule has 7 N–H and O–H groups in total. The van der Waals surface area contributed by atoms with Crippen molar-refractivity contribution in [1.29, 1.82) is 0 Å². The van der Waals surface area contributed by atoms with Crippen LogP contribution in [0, 0.1) is 23.7 Å². The van der Waals surface area contributed by atoms with Crippen molar-refractivity contribution in [1.82, 2.24) is 60.8 Å². The van der Waals surface area contributed by atoms with Gasteiger partial charge in [-0.05, 0) is 223 Å². The molecule has 8 aliphatic heterocycles. The van der Waals surface area contributed by atoms with Crippen LogP contribution in [0.3, 0.4) is 0 Å². The number of H-pyrrole nitrogens is 2. The first kappa shape index (κ1) is 93.1. The number of carbonyl (C=O) groups is 9. The Bertz CT molecular complexity index is 6260. The van der Waals surface area contributed by atoms with E-state index in [0.717, 1.165) is 167 Å². The third-order valence-corrected chi connectivity index (χ3v) is 26.6. The highest BCUT2D eigenvalue weighted by atomic mass is 16.6. The molecule has 2 aromatic heterocycles. The molecule has 10 aromatic rings. The number of aromatic amines is 2. The second-order valence-corrected chi connectivity index (χ2v) is 37.7. The van der Waals surface area contributed by atoms with Crippen LogP contribution in [0.15, 0.2) is 168 Å². The van der Waals surface area contributed by atoms with Crippen LogP contribution in [0.2, 0.25) is 0 Å². The average molecular weight is 1820 g/mol. The molecule has 2 unspecified atom stereocenters. The number of aromatic nitrogens is 4. The number of fused-ring (bicyclic) bond motifs is 12. The Kier molecular flexibility index (Phi) is 27.1. The number of hydrogen-bond acceptors (Lipinski definition) is 20. The van der Waals surface area contributed by atoms with Crippen molar-refractivity contribution >= 4 is 98.5 Å². The predicted molar refractivity (Wildman–Crippen MR) is 506 cm³/mol. The number of aliphatic carboxylic acids is 1. The van der Waals surface area contributed by atoms with Gasteiger partial charge in [-0.25, -0.2) is 38.7 Å². The first-order chi connectivity index (χ1) is 64.2.